The summed E-state index contributed by atoms with van der Waals surface area (Å²) in [6, 6.07) is 9.32. The minimum absolute atomic E-state index is 0.162. The second-order valence-corrected chi connectivity index (χ2v) is 6.77. The summed E-state index contributed by atoms with van der Waals surface area (Å²) < 4.78 is 40.6. The molecule has 0 saturated carbocycles. The molecule has 0 atom stereocenters. The molecule has 0 aliphatic carbocycles. The fraction of sp³-hybridized carbons (Fsp3) is 0.300. The molecule has 2 nitrogen and oxygen atoms in total. The molecule has 3 aromatic rings. The maximum absolute atomic E-state index is 13.5. The van der Waals surface area contributed by atoms with Gasteiger partial charge in [0.15, 0.2) is 0 Å². The number of nitrogens with two attached hydrogens (primary N) is 1. The zero-order valence-electron chi connectivity index (χ0n) is 14.4. The molecular weight excluding hydrogens is 361 g/mol. The average Bonchev–Trinajstić information content (AvgIpc) is 2.97. The number of unbranched alkanes of at least 4 members (excludes halogenated alkanes) is 1. The third-order valence-electron chi connectivity index (χ3n) is 4.66. The van der Waals surface area contributed by atoms with Gasteiger partial charge < -0.3 is 10.7 Å². The van der Waals surface area contributed by atoms with E-state index in [1.165, 1.54) is 12.1 Å². The number of rotatable bonds is 5. The van der Waals surface area contributed by atoms with Crippen molar-refractivity contribution in [1.82, 2.24) is 4.98 Å². The van der Waals surface area contributed by atoms with E-state index in [-0.39, 0.29) is 5.56 Å². The number of alkyl halides is 3. The van der Waals surface area contributed by atoms with Gasteiger partial charge in [0.2, 0.25) is 0 Å². The largest absolute Gasteiger partial charge is 0.417 e. The Morgan fingerprint density at radius 2 is 1.81 bits per heavy atom. The van der Waals surface area contributed by atoms with Crippen LogP contribution in [0.3, 0.4) is 0 Å². The van der Waals surface area contributed by atoms with E-state index in [4.69, 9.17) is 17.3 Å². The molecule has 3 rings (SSSR count). The zero-order valence-corrected chi connectivity index (χ0v) is 15.1. The van der Waals surface area contributed by atoms with Crippen molar-refractivity contribution in [2.45, 2.75) is 32.4 Å². The number of hydrogen-bond donors (Lipinski definition) is 2. The van der Waals surface area contributed by atoms with Gasteiger partial charge in [0.1, 0.15) is 0 Å². The first kappa shape index (κ1) is 18.8. The van der Waals surface area contributed by atoms with E-state index in [1.807, 2.05) is 13.0 Å². The lowest BCUT2D eigenvalue weighted by atomic mass is 9.96. The maximum Gasteiger partial charge on any atom is 0.417 e. The van der Waals surface area contributed by atoms with Crippen molar-refractivity contribution in [1.29, 1.82) is 0 Å². The quantitative estimate of drug-likeness (QED) is 0.516. The van der Waals surface area contributed by atoms with E-state index in [2.05, 4.69) is 4.98 Å². The topological polar surface area (TPSA) is 41.8 Å². The molecule has 0 saturated heterocycles. The maximum atomic E-state index is 13.5. The summed E-state index contributed by atoms with van der Waals surface area (Å²) in [5.74, 6) is 0. The molecular formula is C20H20ClF3N2. The molecule has 0 unspecified atom stereocenters. The fourth-order valence-electron chi connectivity index (χ4n) is 3.32. The van der Waals surface area contributed by atoms with E-state index in [1.54, 1.807) is 12.1 Å². The van der Waals surface area contributed by atoms with Crippen molar-refractivity contribution in [2.75, 3.05) is 6.54 Å². The van der Waals surface area contributed by atoms with E-state index in [0.29, 0.717) is 23.7 Å². The molecule has 0 spiro atoms. The number of hydrogen-bond acceptors (Lipinski definition) is 1. The molecule has 138 valence electrons. The van der Waals surface area contributed by atoms with Crippen LogP contribution >= 0.6 is 11.6 Å². The Balaban J connectivity index is 2.26. The van der Waals surface area contributed by atoms with Crippen LogP contribution in [0.5, 0.6) is 0 Å². The van der Waals surface area contributed by atoms with Gasteiger partial charge in [0, 0.05) is 16.0 Å². The first-order valence-corrected chi connectivity index (χ1v) is 8.88. The van der Waals surface area contributed by atoms with Crippen LogP contribution in [0.2, 0.25) is 5.02 Å². The first-order chi connectivity index (χ1) is 12.3. The summed E-state index contributed by atoms with van der Waals surface area (Å²) >= 11 is 6.21. The van der Waals surface area contributed by atoms with Crippen LogP contribution in [-0.4, -0.2) is 11.5 Å². The van der Waals surface area contributed by atoms with Gasteiger partial charge in [0.05, 0.1) is 16.8 Å². The standard InChI is InChI=1S/C20H20ClF3N2/c1-12-17(21)10-9-14-13(6-4-5-11-25)19(26-18(12)14)15-7-2-3-8-16(15)20(22,23)24/h2-3,7-10,26H,4-6,11,25H2,1H3. The van der Waals surface area contributed by atoms with Crippen LogP contribution < -0.4 is 5.73 Å². The third-order valence-corrected chi connectivity index (χ3v) is 5.07. The second kappa shape index (κ2) is 7.33. The van der Waals surface area contributed by atoms with Crippen LogP contribution in [0.1, 0.15) is 29.5 Å². The van der Waals surface area contributed by atoms with Crippen molar-refractivity contribution in [3.8, 4) is 11.3 Å². The van der Waals surface area contributed by atoms with Gasteiger partial charge in [-0.15, -0.1) is 0 Å². The van der Waals surface area contributed by atoms with E-state index >= 15 is 0 Å². The highest BCUT2D eigenvalue weighted by Crippen LogP contribution is 2.41. The van der Waals surface area contributed by atoms with Crippen molar-refractivity contribution in [2.24, 2.45) is 5.73 Å². The minimum atomic E-state index is -4.42. The molecule has 1 heterocycles. The van der Waals surface area contributed by atoms with Crippen molar-refractivity contribution < 1.29 is 13.2 Å². The van der Waals surface area contributed by atoms with Gasteiger partial charge >= 0.3 is 6.18 Å². The Hall–Kier alpha value is -1.98. The van der Waals surface area contributed by atoms with Gasteiger partial charge in [0.25, 0.3) is 0 Å². The normalized spacial score (nSPS) is 12.1. The van der Waals surface area contributed by atoms with Crippen LogP contribution in [0.15, 0.2) is 36.4 Å². The van der Waals surface area contributed by atoms with Crippen LogP contribution in [0.4, 0.5) is 13.2 Å². The summed E-state index contributed by atoms with van der Waals surface area (Å²) in [4.78, 5) is 3.21. The van der Waals surface area contributed by atoms with E-state index in [0.717, 1.165) is 40.9 Å². The molecule has 2 aromatic carbocycles. The molecule has 0 bridgehead atoms. The van der Waals surface area contributed by atoms with Gasteiger partial charge in [-0.3, -0.25) is 0 Å². The highest BCUT2D eigenvalue weighted by atomic mass is 35.5. The summed E-state index contributed by atoms with van der Waals surface area (Å²) in [6.45, 7) is 2.42. The molecule has 0 amide bonds. The Morgan fingerprint density at radius 1 is 1.08 bits per heavy atom. The molecule has 6 heteroatoms. The Labute approximate surface area is 155 Å². The number of aromatic amines is 1. The number of nitrogens with one attached hydrogen (secondary N) is 1. The van der Waals surface area contributed by atoms with Gasteiger partial charge in [-0.1, -0.05) is 35.9 Å². The molecule has 0 fully saturated rings. The monoisotopic (exact) mass is 380 g/mol. The SMILES string of the molecule is Cc1c(Cl)ccc2c(CCCCN)c(-c3ccccc3C(F)(F)F)[nH]c12. The molecule has 0 radical (unpaired) electrons. The van der Waals surface area contributed by atoms with Gasteiger partial charge in [-0.05, 0) is 56.0 Å². The van der Waals surface area contributed by atoms with Crippen molar-refractivity contribution in [3.05, 3.63) is 58.1 Å². The smallest absolute Gasteiger partial charge is 0.354 e. The molecule has 0 aliphatic rings. The molecule has 3 N–H and O–H groups in total. The Bertz CT molecular complexity index is 929. The molecule has 1 aromatic heterocycles. The summed E-state index contributed by atoms with van der Waals surface area (Å²) in [5, 5.41) is 1.50. The van der Waals surface area contributed by atoms with Crippen LogP contribution in [-0.2, 0) is 12.6 Å². The lowest BCUT2D eigenvalue weighted by Crippen LogP contribution is -2.07. The summed E-state index contributed by atoms with van der Waals surface area (Å²) in [6.07, 6.45) is -2.14. The zero-order chi connectivity index (χ0) is 18.9. The predicted octanol–water partition coefficient (Wildman–Crippen LogP) is 6.10. The molecule has 0 aliphatic heterocycles. The average molecular weight is 381 g/mol. The van der Waals surface area contributed by atoms with Crippen LogP contribution in [0, 0.1) is 6.92 Å². The third kappa shape index (κ3) is 3.46. The van der Waals surface area contributed by atoms with E-state index < -0.39 is 11.7 Å². The Kier molecular flexibility index (Phi) is 5.30. The van der Waals surface area contributed by atoms with E-state index in [9.17, 15) is 13.2 Å². The second-order valence-electron chi connectivity index (χ2n) is 6.36. The minimum Gasteiger partial charge on any atom is -0.354 e. The number of aryl methyl sites for hydroxylation is 2. The van der Waals surface area contributed by atoms with Crippen molar-refractivity contribution in [3.63, 3.8) is 0 Å². The number of benzene rings is 2. The number of halogens is 4. The number of H-pyrrole nitrogens is 1. The van der Waals surface area contributed by atoms with Gasteiger partial charge in [-0.2, -0.15) is 13.2 Å². The first-order valence-electron chi connectivity index (χ1n) is 8.51. The number of aromatic nitrogens is 1. The Morgan fingerprint density at radius 3 is 2.50 bits per heavy atom. The number of fused-ring (bicyclic) bond motifs is 1. The highest BCUT2D eigenvalue weighted by Gasteiger charge is 2.34. The highest BCUT2D eigenvalue weighted by molar-refractivity contribution is 6.32. The van der Waals surface area contributed by atoms with Crippen molar-refractivity contribution >= 4 is 22.5 Å². The molecule has 26 heavy (non-hydrogen) atoms. The lowest BCUT2D eigenvalue weighted by molar-refractivity contribution is -0.137. The fourth-order valence-corrected chi connectivity index (χ4v) is 3.48. The van der Waals surface area contributed by atoms with Crippen LogP contribution in [0.25, 0.3) is 22.2 Å². The summed E-state index contributed by atoms with van der Waals surface area (Å²) in [7, 11) is 0. The summed E-state index contributed by atoms with van der Waals surface area (Å²) in [5.41, 5.74) is 8.11. The lowest BCUT2D eigenvalue weighted by Gasteiger charge is -2.13. The predicted molar refractivity (Wildman–Crippen MR) is 100 cm³/mol. The van der Waals surface area contributed by atoms with Gasteiger partial charge in [-0.25, -0.2) is 0 Å².